The summed E-state index contributed by atoms with van der Waals surface area (Å²) in [6.07, 6.45) is 1.97. The zero-order chi connectivity index (χ0) is 18.1. The predicted molar refractivity (Wildman–Crippen MR) is 95.1 cm³/mol. The van der Waals surface area contributed by atoms with Crippen LogP contribution in [0.2, 0.25) is 0 Å². The standard InChI is InChI=1S/C18H31N3O3/c1-6-21(7-2)10-8-9-13(3)20-17(22)12-19-18(23)16-11-14(4)24-15(16)5/h11,13H,6-10,12H2,1-5H3,(H,19,23)(H,20,22)/t13-/m0/s1. The lowest BCUT2D eigenvalue weighted by Crippen LogP contribution is -2.41. The van der Waals surface area contributed by atoms with E-state index in [2.05, 4.69) is 29.4 Å². The molecule has 1 heterocycles. The lowest BCUT2D eigenvalue weighted by atomic mass is 10.1. The van der Waals surface area contributed by atoms with Crippen molar-refractivity contribution < 1.29 is 14.0 Å². The number of rotatable bonds is 10. The van der Waals surface area contributed by atoms with Gasteiger partial charge in [0.25, 0.3) is 5.91 Å². The first-order chi connectivity index (χ1) is 11.4. The number of furan rings is 1. The summed E-state index contributed by atoms with van der Waals surface area (Å²) in [7, 11) is 0. The molecule has 1 rings (SSSR count). The van der Waals surface area contributed by atoms with Gasteiger partial charge in [0.15, 0.2) is 0 Å². The average molecular weight is 337 g/mol. The van der Waals surface area contributed by atoms with Crippen molar-refractivity contribution in [1.82, 2.24) is 15.5 Å². The van der Waals surface area contributed by atoms with Crippen LogP contribution in [0, 0.1) is 13.8 Å². The quantitative estimate of drug-likeness (QED) is 0.687. The van der Waals surface area contributed by atoms with E-state index in [-0.39, 0.29) is 24.4 Å². The molecule has 1 aromatic rings. The molecule has 0 saturated heterocycles. The van der Waals surface area contributed by atoms with Gasteiger partial charge in [0.1, 0.15) is 11.5 Å². The van der Waals surface area contributed by atoms with Crippen LogP contribution < -0.4 is 10.6 Å². The number of hydrogen-bond acceptors (Lipinski definition) is 4. The monoisotopic (exact) mass is 337 g/mol. The van der Waals surface area contributed by atoms with E-state index in [0.29, 0.717) is 17.1 Å². The van der Waals surface area contributed by atoms with Crippen LogP contribution in [0.15, 0.2) is 10.5 Å². The molecule has 0 spiro atoms. The van der Waals surface area contributed by atoms with Crippen molar-refractivity contribution in [2.45, 2.75) is 53.5 Å². The Balaban J connectivity index is 2.28. The van der Waals surface area contributed by atoms with Gasteiger partial charge in [0.2, 0.25) is 5.91 Å². The summed E-state index contributed by atoms with van der Waals surface area (Å²) in [4.78, 5) is 26.3. The minimum Gasteiger partial charge on any atom is -0.466 e. The molecule has 6 heteroatoms. The molecule has 0 aliphatic carbocycles. The molecule has 6 nitrogen and oxygen atoms in total. The third-order valence-electron chi connectivity index (χ3n) is 4.11. The number of nitrogens with one attached hydrogen (secondary N) is 2. The van der Waals surface area contributed by atoms with E-state index in [1.165, 1.54) is 0 Å². The SMILES string of the molecule is CCN(CC)CCC[C@H](C)NC(=O)CNC(=O)c1cc(C)oc1C. The summed E-state index contributed by atoms with van der Waals surface area (Å²) < 4.78 is 5.32. The van der Waals surface area contributed by atoms with Gasteiger partial charge in [-0.3, -0.25) is 9.59 Å². The van der Waals surface area contributed by atoms with Gasteiger partial charge >= 0.3 is 0 Å². The maximum atomic E-state index is 12.0. The lowest BCUT2D eigenvalue weighted by Gasteiger charge is -2.19. The number of hydrogen-bond donors (Lipinski definition) is 2. The largest absolute Gasteiger partial charge is 0.466 e. The number of carbonyl (C=O) groups is 2. The van der Waals surface area contributed by atoms with E-state index >= 15 is 0 Å². The minimum atomic E-state index is -0.284. The second-order valence-electron chi connectivity index (χ2n) is 6.15. The maximum absolute atomic E-state index is 12.0. The Morgan fingerprint density at radius 2 is 1.92 bits per heavy atom. The van der Waals surface area contributed by atoms with Crippen LogP contribution in [0.25, 0.3) is 0 Å². The van der Waals surface area contributed by atoms with E-state index in [0.717, 1.165) is 32.5 Å². The fourth-order valence-corrected chi connectivity index (χ4v) is 2.67. The Bertz CT molecular complexity index is 536. The molecule has 0 bridgehead atoms. The molecular formula is C18H31N3O3. The van der Waals surface area contributed by atoms with Crippen LogP contribution in [0.1, 0.15) is 55.5 Å². The van der Waals surface area contributed by atoms with Gasteiger partial charge in [0.05, 0.1) is 12.1 Å². The molecule has 0 fully saturated rings. The molecule has 2 N–H and O–H groups in total. The van der Waals surface area contributed by atoms with Crippen molar-refractivity contribution in [3.63, 3.8) is 0 Å². The molecule has 0 aromatic carbocycles. The highest BCUT2D eigenvalue weighted by Crippen LogP contribution is 2.13. The summed E-state index contributed by atoms with van der Waals surface area (Å²) in [6, 6.07) is 1.78. The highest BCUT2D eigenvalue weighted by molar-refractivity contribution is 5.97. The second kappa shape index (κ2) is 10.1. The molecule has 0 radical (unpaired) electrons. The molecule has 2 amide bonds. The van der Waals surface area contributed by atoms with E-state index in [9.17, 15) is 9.59 Å². The Kier molecular flexibility index (Phi) is 8.54. The maximum Gasteiger partial charge on any atom is 0.255 e. The third kappa shape index (κ3) is 6.74. The number of nitrogens with zero attached hydrogens (tertiary/aromatic N) is 1. The summed E-state index contributed by atoms with van der Waals surface area (Å²) >= 11 is 0. The van der Waals surface area contributed by atoms with Gasteiger partial charge in [-0.15, -0.1) is 0 Å². The first-order valence-electron chi connectivity index (χ1n) is 8.74. The molecule has 0 aliphatic rings. The number of carbonyl (C=O) groups excluding carboxylic acids is 2. The fourth-order valence-electron chi connectivity index (χ4n) is 2.67. The second-order valence-corrected chi connectivity index (χ2v) is 6.15. The third-order valence-corrected chi connectivity index (χ3v) is 4.11. The Morgan fingerprint density at radius 1 is 1.25 bits per heavy atom. The lowest BCUT2D eigenvalue weighted by molar-refractivity contribution is -0.120. The van der Waals surface area contributed by atoms with Crippen molar-refractivity contribution in [3.8, 4) is 0 Å². The molecular weight excluding hydrogens is 306 g/mol. The summed E-state index contributed by atoms with van der Waals surface area (Å²) in [5.74, 6) is 0.796. The highest BCUT2D eigenvalue weighted by atomic mass is 16.3. The average Bonchev–Trinajstić information content (AvgIpc) is 2.88. The molecule has 1 aromatic heterocycles. The number of amides is 2. The van der Waals surface area contributed by atoms with E-state index in [4.69, 9.17) is 4.42 Å². The van der Waals surface area contributed by atoms with E-state index < -0.39 is 0 Å². The van der Waals surface area contributed by atoms with Crippen LogP contribution in [0.5, 0.6) is 0 Å². The molecule has 24 heavy (non-hydrogen) atoms. The van der Waals surface area contributed by atoms with E-state index in [1.54, 1.807) is 19.9 Å². The van der Waals surface area contributed by atoms with Crippen molar-refractivity contribution in [1.29, 1.82) is 0 Å². The van der Waals surface area contributed by atoms with Gasteiger partial charge in [0, 0.05) is 6.04 Å². The summed E-state index contributed by atoms with van der Waals surface area (Å²) in [5, 5.41) is 5.55. The molecule has 0 saturated carbocycles. The molecule has 136 valence electrons. The van der Waals surface area contributed by atoms with Crippen LogP contribution in [-0.2, 0) is 4.79 Å². The van der Waals surface area contributed by atoms with Crippen LogP contribution in [0.4, 0.5) is 0 Å². The Hall–Kier alpha value is -1.82. The highest BCUT2D eigenvalue weighted by Gasteiger charge is 2.15. The number of aryl methyl sites for hydroxylation is 2. The van der Waals surface area contributed by atoms with Crippen molar-refractivity contribution in [3.05, 3.63) is 23.2 Å². The Labute approximate surface area is 145 Å². The molecule has 0 aliphatic heterocycles. The van der Waals surface area contributed by atoms with Gasteiger partial charge in [-0.1, -0.05) is 13.8 Å². The van der Waals surface area contributed by atoms with Gasteiger partial charge in [-0.25, -0.2) is 0 Å². The topological polar surface area (TPSA) is 74.6 Å². The summed E-state index contributed by atoms with van der Waals surface area (Å²) in [5.41, 5.74) is 0.479. The van der Waals surface area contributed by atoms with Crippen molar-refractivity contribution in [2.24, 2.45) is 0 Å². The zero-order valence-electron chi connectivity index (χ0n) is 15.6. The summed E-state index contributed by atoms with van der Waals surface area (Å²) in [6.45, 7) is 12.9. The van der Waals surface area contributed by atoms with Crippen LogP contribution >= 0.6 is 0 Å². The zero-order valence-corrected chi connectivity index (χ0v) is 15.6. The normalized spacial score (nSPS) is 12.2. The van der Waals surface area contributed by atoms with Crippen LogP contribution in [-0.4, -0.2) is 48.9 Å². The van der Waals surface area contributed by atoms with Gasteiger partial charge in [-0.05, 0) is 59.3 Å². The first-order valence-corrected chi connectivity index (χ1v) is 8.74. The molecule has 0 unspecified atom stereocenters. The first kappa shape index (κ1) is 20.2. The smallest absolute Gasteiger partial charge is 0.255 e. The van der Waals surface area contributed by atoms with Gasteiger partial charge in [-0.2, -0.15) is 0 Å². The van der Waals surface area contributed by atoms with Crippen molar-refractivity contribution in [2.75, 3.05) is 26.2 Å². The molecule has 1 atom stereocenters. The van der Waals surface area contributed by atoms with Crippen molar-refractivity contribution >= 4 is 11.8 Å². The minimum absolute atomic E-state index is 0.0249. The Morgan fingerprint density at radius 3 is 2.46 bits per heavy atom. The van der Waals surface area contributed by atoms with Crippen LogP contribution in [0.3, 0.4) is 0 Å². The van der Waals surface area contributed by atoms with Gasteiger partial charge < -0.3 is 20.0 Å². The fraction of sp³-hybridized carbons (Fsp3) is 0.667. The van der Waals surface area contributed by atoms with E-state index in [1.807, 2.05) is 6.92 Å². The predicted octanol–water partition coefficient (Wildman–Crippen LogP) is 2.25.